The number of benzene rings is 2. The van der Waals surface area contributed by atoms with Crippen molar-refractivity contribution in [3.05, 3.63) is 53.3 Å². The molecule has 0 unspecified atom stereocenters. The molecule has 6 heteroatoms. The van der Waals surface area contributed by atoms with E-state index in [2.05, 4.69) is 15.9 Å². The molecule has 1 fully saturated rings. The van der Waals surface area contributed by atoms with E-state index in [1.54, 1.807) is 7.11 Å². The summed E-state index contributed by atoms with van der Waals surface area (Å²) in [6.07, 6.45) is 2.00. The van der Waals surface area contributed by atoms with Crippen LogP contribution < -0.4 is 14.2 Å². The van der Waals surface area contributed by atoms with Gasteiger partial charge >= 0.3 is 0 Å². The Morgan fingerprint density at radius 1 is 0.862 bits per heavy atom. The Morgan fingerprint density at radius 3 is 2.21 bits per heavy atom. The molecule has 29 heavy (non-hydrogen) atoms. The lowest BCUT2D eigenvalue weighted by atomic mass is 10.1. The van der Waals surface area contributed by atoms with Crippen LogP contribution in [0.4, 0.5) is 4.39 Å². The lowest BCUT2D eigenvalue weighted by molar-refractivity contribution is 0.244. The summed E-state index contributed by atoms with van der Waals surface area (Å²) >= 11 is 0. The first-order valence-electron chi connectivity index (χ1n) is 10.4. The fourth-order valence-electron chi connectivity index (χ4n) is 3.98. The Hall–Kier alpha value is -2.31. The molecule has 1 saturated heterocycles. The molecule has 0 atom stereocenters. The van der Waals surface area contributed by atoms with Gasteiger partial charge in [0.15, 0.2) is 11.5 Å². The summed E-state index contributed by atoms with van der Waals surface area (Å²) in [5, 5.41) is 0. The zero-order valence-electron chi connectivity index (χ0n) is 17.0. The largest absolute Gasteiger partial charge is 0.496 e. The summed E-state index contributed by atoms with van der Waals surface area (Å²) in [6.45, 7) is 7.10. The standard InChI is InChI=1S/C23H29FN2O3/c1-27-21-15-23-22(28-12-3-13-29-23)14-19(21)17-26-9-2-8-25(10-11-26)16-18-4-6-20(24)7-5-18/h4-7,14-15H,2-3,8-13,16-17H2,1H3. The van der Waals surface area contributed by atoms with Crippen molar-refractivity contribution in [2.45, 2.75) is 25.9 Å². The van der Waals surface area contributed by atoms with Gasteiger partial charge in [-0.2, -0.15) is 0 Å². The molecular formula is C23H29FN2O3. The van der Waals surface area contributed by atoms with Crippen LogP contribution in [0.5, 0.6) is 17.2 Å². The van der Waals surface area contributed by atoms with Gasteiger partial charge in [0, 0.05) is 44.2 Å². The van der Waals surface area contributed by atoms with E-state index in [-0.39, 0.29) is 5.82 Å². The molecule has 0 aromatic heterocycles. The second-order valence-corrected chi connectivity index (χ2v) is 7.69. The quantitative estimate of drug-likeness (QED) is 0.765. The number of fused-ring (bicyclic) bond motifs is 1. The number of hydrogen-bond acceptors (Lipinski definition) is 5. The predicted octanol–water partition coefficient (Wildman–Crippen LogP) is 3.70. The fraction of sp³-hybridized carbons (Fsp3) is 0.478. The van der Waals surface area contributed by atoms with Crippen molar-refractivity contribution >= 4 is 0 Å². The van der Waals surface area contributed by atoms with Gasteiger partial charge in [-0.05, 0) is 43.3 Å². The summed E-state index contributed by atoms with van der Waals surface area (Å²) in [7, 11) is 1.70. The zero-order valence-corrected chi connectivity index (χ0v) is 17.0. The number of ether oxygens (including phenoxy) is 3. The van der Waals surface area contributed by atoms with E-state index < -0.39 is 0 Å². The van der Waals surface area contributed by atoms with E-state index in [0.717, 1.165) is 80.5 Å². The molecule has 0 N–H and O–H groups in total. The maximum absolute atomic E-state index is 13.1. The first-order chi connectivity index (χ1) is 14.2. The van der Waals surface area contributed by atoms with Crippen molar-refractivity contribution in [2.75, 3.05) is 46.5 Å². The number of rotatable bonds is 5. The second-order valence-electron chi connectivity index (χ2n) is 7.69. The molecule has 0 saturated carbocycles. The van der Waals surface area contributed by atoms with Gasteiger partial charge < -0.3 is 14.2 Å². The molecule has 2 aromatic carbocycles. The van der Waals surface area contributed by atoms with E-state index >= 15 is 0 Å². The topological polar surface area (TPSA) is 34.2 Å². The van der Waals surface area contributed by atoms with Crippen LogP contribution in [0.15, 0.2) is 36.4 Å². The molecule has 4 rings (SSSR count). The van der Waals surface area contributed by atoms with E-state index in [9.17, 15) is 4.39 Å². The highest BCUT2D eigenvalue weighted by atomic mass is 19.1. The minimum absolute atomic E-state index is 0.181. The third-order valence-corrected chi connectivity index (χ3v) is 5.55. The Kier molecular flexibility index (Phi) is 6.52. The van der Waals surface area contributed by atoms with Crippen molar-refractivity contribution in [1.29, 1.82) is 0 Å². The van der Waals surface area contributed by atoms with Crippen molar-refractivity contribution < 1.29 is 18.6 Å². The number of methoxy groups -OCH3 is 1. The van der Waals surface area contributed by atoms with Gasteiger partial charge in [-0.1, -0.05) is 12.1 Å². The monoisotopic (exact) mass is 400 g/mol. The molecule has 0 radical (unpaired) electrons. The highest BCUT2D eigenvalue weighted by molar-refractivity contribution is 5.51. The van der Waals surface area contributed by atoms with E-state index in [0.29, 0.717) is 13.2 Å². The number of halogens is 1. The smallest absolute Gasteiger partial charge is 0.164 e. The average molecular weight is 400 g/mol. The van der Waals surface area contributed by atoms with Gasteiger partial charge in [0.05, 0.1) is 20.3 Å². The van der Waals surface area contributed by atoms with Gasteiger partial charge in [0.25, 0.3) is 0 Å². The number of hydrogen-bond donors (Lipinski definition) is 0. The summed E-state index contributed by atoms with van der Waals surface area (Å²) in [4.78, 5) is 4.91. The normalized spacial score (nSPS) is 18.1. The summed E-state index contributed by atoms with van der Waals surface area (Å²) in [5.41, 5.74) is 2.29. The van der Waals surface area contributed by atoms with Gasteiger partial charge in [-0.25, -0.2) is 4.39 Å². The van der Waals surface area contributed by atoms with Gasteiger partial charge in [0.2, 0.25) is 0 Å². The van der Waals surface area contributed by atoms with Crippen LogP contribution in [0.25, 0.3) is 0 Å². The average Bonchev–Trinajstić information content (AvgIpc) is 3.09. The second kappa shape index (κ2) is 9.46. The van der Waals surface area contributed by atoms with E-state index in [1.165, 1.54) is 12.1 Å². The Labute approximate surface area is 172 Å². The minimum Gasteiger partial charge on any atom is -0.496 e. The molecule has 0 aliphatic carbocycles. The van der Waals surface area contributed by atoms with Crippen LogP contribution in [0, 0.1) is 5.82 Å². The van der Waals surface area contributed by atoms with E-state index in [4.69, 9.17) is 14.2 Å². The SMILES string of the molecule is COc1cc2c(cc1CN1CCCN(Cc3ccc(F)cc3)CC1)OCCCO2. The third-order valence-electron chi connectivity index (χ3n) is 5.55. The van der Waals surface area contributed by atoms with Crippen LogP contribution >= 0.6 is 0 Å². The molecule has 2 aromatic rings. The van der Waals surface area contributed by atoms with Crippen molar-refractivity contribution in [1.82, 2.24) is 9.80 Å². The maximum atomic E-state index is 13.1. The molecular weight excluding hydrogens is 371 g/mol. The van der Waals surface area contributed by atoms with Crippen molar-refractivity contribution in [2.24, 2.45) is 0 Å². The van der Waals surface area contributed by atoms with Gasteiger partial charge in [0.1, 0.15) is 11.6 Å². The van der Waals surface area contributed by atoms with Crippen LogP contribution in [0.3, 0.4) is 0 Å². The minimum atomic E-state index is -0.181. The summed E-state index contributed by atoms with van der Waals surface area (Å²) in [6, 6.07) is 10.8. The molecule has 5 nitrogen and oxygen atoms in total. The Morgan fingerprint density at radius 2 is 1.52 bits per heavy atom. The first-order valence-corrected chi connectivity index (χ1v) is 10.4. The molecule has 0 amide bonds. The highest BCUT2D eigenvalue weighted by Gasteiger charge is 2.20. The molecule has 156 valence electrons. The van der Waals surface area contributed by atoms with Crippen LogP contribution in [0.1, 0.15) is 24.0 Å². The molecule has 2 aliphatic heterocycles. The van der Waals surface area contributed by atoms with Gasteiger partial charge in [-0.3, -0.25) is 9.80 Å². The molecule has 2 heterocycles. The predicted molar refractivity (Wildman–Crippen MR) is 110 cm³/mol. The first kappa shape index (κ1) is 20.0. The zero-order chi connectivity index (χ0) is 20.1. The number of nitrogens with zero attached hydrogens (tertiary/aromatic N) is 2. The van der Waals surface area contributed by atoms with Crippen molar-refractivity contribution in [3.8, 4) is 17.2 Å². The van der Waals surface area contributed by atoms with Crippen molar-refractivity contribution in [3.63, 3.8) is 0 Å². The maximum Gasteiger partial charge on any atom is 0.164 e. The molecule has 0 bridgehead atoms. The van der Waals surface area contributed by atoms with Crippen LogP contribution in [-0.2, 0) is 13.1 Å². The lowest BCUT2D eigenvalue weighted by Gasteiger charge is -2.23. The fourth-order valence-corrected chi connectivity index (χ4v) is 3.98. The van der Waals surface area contributed by atoms with Crippen LogP contribution in [-0.4, -0.2) is 56.3 Å². The summed E-state index contributed by atoms with van der Waals surface area (Å²) < 4.78 is 30.4. The lowest BCUT2D eigenvalue weighted by Crippen LogP contribution is -2.30. The third kappa shape index (κ3) is 5.19. The molecule has 0 spiro atoms. The van der Waals surface area contributed by atoms with Gasteiger partial charge in [-0.15, -0.1) is 0 Å². The summed E-state index contributed by atoms with van der Waals surface area (Å²) in [5.74, 6) is 2.25. The Balaban J connectivity index is 1.39. The van der Waals surface area contributed by atoms with Crippen LogP contribution in [0.2, 0.25) is 0 Å². The Bertz CT molecular complexity index is 813. The molecule has 2 aliphatic rings. The highest BCUT2D eigenvalue weighted by Crippen LogP contribution is 2.37. The van der Waals surface area contributed by atoms with E-state index in [1.807, 2.05) is 18.2 Å².